The molecule has 1 aromatic heterocycles. The third kappa shape index (κ3) is 3.34. The van der Waals surface area contributed by atoms with Crippen molar-refractivity contribution in [2.24, 2.45) is 0 Å². The van der Waals surface area contributed by atoms with E-state index in [9.17, 15) is 4.79 Å². The van der Waals surface area contributed by atoms with Gasteiger partial charge < -0.3 is 10.4 Å². The van der Waals surface area contributed by atoms with Gasteiger partial charge in [0.15, 0.2) is 0 Å². The van der Waals surface area contributed by atoms with E-state index >= 15 is 0 Å². The summed E-state index contributed by atoms with van der Waals surface area (Å²) < 4.78 is 1.79. The normalized spacial score (nSPS) is 10.2. The van der Waals surface area contributed by atoms with Gasteiger partial charge in [0.05, 0.1) is 8.66 Å². The second-order valence-electron chi connectivity index (χ2n) is 2.57. The minimum Gasteiger partial charge on any atom is -0.396 e. The Hall–Kier alpha value is 0.0900. The van der Waals surface area contributed by atoms with Crippen LogP contribution in [0.15, 0.2) is 14.3 Å². The van der Waals surface area contributed by atoms with Crippen LogP contribution in [0.1, 0.15) is 16.1 Å². The maximum Gasteiger partial charge on any atom is 0.261 e. The molecule has 78 valence electrons. The molecule has 2 N–H and O–H groups in total. The number of aliphatic hydroxyl groups is 1. The number of carbonyl (C=O) groups is 1. The Kier molecular flexibility index (Phi) is 5.08. The van der Waals surface area contributed by atoms with Crippen LogP contribution in [0.2, 0.25) is 0 Å². The van der Waals surface area contributed by atoms with Gasteiger partial charge in [-0.15, -0.1) is 11.3 Å². The van der Waals surface area contributed by atoms with Crippen molar-refractivity contribution in [3.63, 3.8) is 0 Å². The van der Waals surface area contributed by atoms with Crippen LogP contribution in [0.4, 0.5) is 0 Å². The molecule has 1 rings (SSSR count). The van der Waals surface area contributed by atoms with E-state index in [4.69, 9.17) is 5.11 Å². The molecule has 1 heterocycles. The van der Waals surface area contributed by atoms with Gasteiger partial charge in [0.2, 0.25) is 0 Å². The molecule has 0 saturated carbocycles. The fourth-order valence-electron chi connectivity index (χ4n) is 0.827. The molecule has 0 aliphatic heterocycles. The summed E-state index contributed by atoms with van der Waals surface area (Å²) in [6, 6.07) is 1.77. The molecule has 0 aliphatic rings. The number of aliphatic hydroxyl groups excluding tert-OH is 1. The molecule has 0 bridgehead atoms. The van der Waals surface area contributed by atoms with Gasteiger partial charge in [-0.3, -0.25) is 4.79 Å². The molecule has 0 radical (unpaired) electrons. The largest absolute Gasteiger partial charge is 0.396 e. The number of halogens is 2. The molecular formula is C8H9Br2NO2S. The fourth-order valence-corrected chi connectivity index (χ4v) is 2.78. The van der Waals surface area contributed by atoms with Crippen LogP contribution < -0.4 is 5.32 Å². The summed E-state index contributed by atoms with van der Waals surface area (Å²) in [6.07, 6.45) is 0.583. The number of thiophene rings is 1. The Bertz CT molecular complexity index is 308. The Balaban J connectivity index is 2.52. The highest BCUT2D eigenvalue weighted by atomic mass is 79.9. The summed E-state index contributed by atoms with van der Waals surface area (Å²) in [5.74, 6) is -0.102. The summed E-state index contributed by atoms with van der Waals surface area (Å²) in [5.41, 5.74) is 0. The van der Waals surface area contributed by atoms with Crippen LogP contribution in [0.3, 0.4) is 0 Å². The van der Waals surface area contributed by atoms with Gasteiger partial charge in [-0.05, 0) is 44.3 Å². The topological polar surface area (TPSA) is 49.3 Å². The molecule has 0 atom stereocenters. The third-order valence-electron chi connectivity index (χ3n) is 1.49. The zero-order chi connectivity index (χ0) is 10.6. The Morgan fingerprint density at radius 2 is 2.29 bits per heavy atom. The summed E-state index contributed by atoms with van der Waals surface area (Å²) in [6.45, 7) is 0.598. The van der Waals surface area contributed by atoms with Gasteiger partial charge in [0, 0.05) is 17.6 Å². The Labute approximate surface area is 103 Å². The maximum atomic E-state index is 11.5. The average molecular weight is 343 g/mol. The molecule has 0 unspecified atom stereocenters. The van der Waals surface area contributed by atoms with Gasteiger partial charge in [0.25, 0.3) is 5.91 Å². The van der Waals surface area contributed by atoms with Crippen LogP contribution in [0, 0.1) is 0 Å². The van der Waals surface area contributed by atoms with Crippen molar-refractivity contribution >= 4 is 49.1 Å². The molecular weight excluding hydrogens is 334 g/mol. The van der Waals surface area contributed by atoms with E-state index in [1.807, 2.05) is 0 Å². The molecule has 0 fully saturated rings. The number of amides is 1. The van der Waals surface area contributed by atoms with E-state index in [0.29, 0.717) is 17.8 Å². The molecule has 6 heteroatoms. The lowest BCUT2D eigenvalue weighted by Crippen LogP contribution is -2.24. The first-order valence-electron chi connectivity index (χ1n) is 3.99. The third-order valence-corrected chi connectivity index (χ3v) is 4.74. The first kappa shape index (κ1) is 12.2. The molecule has 0 aromatic carbocycles. The van der Waals surface area contributed by atoms with Crippen molar-refractivity contribution in [1.82, 2.24) is 5.32 Å². The van der Waals surface area contributed by atoms with Crippen molar-refractivity contribution in [1.29, 1.82) is 0 Å². The second kappa shape index (κ2) is 5.85. The van der Waals surface area contributed by atoms with E-state index in [-0.39, 0.29) is 12.5 Å². The number of nitrogens with one attached hydrogen (secondary N) is 1. The summed E-state index contributed by atoms with van der Waals surface area (Å²) >= 11 is 8.00. The number of rotatable bonds is 4. The Morgan fingerprint density at radius 3 is 2.79 bits per heavy atom. The number of hydrogen-bond acceptors (Lipinski definition) is 3. The first-order valence-corrected chi connectivity index (χ1v) is 6.39. The monoisotopic (exact) mass is 341 g/mol. The van der Waals surface area contributed by atoms with Crippen LogP contribution in [-0.2, 0) is 0 Å². The predicted molar refractivity (Wildman–Crippen MR) is 63.8 cm³/mol. The lowest BCUT2D eigenvalue weighted by atomic mass is 10.4. The molecule has 0 saturated heterocycles. The smallest absolute Gasteiger partial charge is 0.261 e. The predicted octanol–water partition coefficient (Wildman–Crippen LogP) is 2.39. The van der Waals surface area contributed by atoms with Gasteiger partial charge in [-0.25, -0.2) is 0 Å². The quantitative estimate of drug-likeness (QED) is 0.825. The SMILES string of the molecule is O=C(NCCCO)c1cc(Br)c(Br)s1. The lowest BCUT2D eigenvalue weighted by Gasteiger charge is -2.00. The van der Waals surface area contributed by atoms with Crippen molar-refractivity contribution in [3.8, 4) is 0 Å². The van der Waals surface area contributed by atoms with E-state index in [0.717, 1.165) is 8.26 Å². The van der Waals surface area contributed by atoms with Crippen molar-refractivity contribution in [2.45, 2.75) is 6.42 Å². The van der Waals surface area contributed by atoms with Crippen LogP contribution in [0.25, 0.3) is 0 Å². The standard InChI is InChI=1S/C8H9Br2NO2S/c9-5-4-6(14-7(5)10)8(13)11-2-1-3-12/h4,12H,1-3H2,(H,11,13). The van der Waals surface area contributed by atoms with Gasteiger partial charge in [-0.1, -0.05) is 0 Å². The van der Waals surface area contributed by atoms with Crippen molar-refractivity contribution in [2.75, 3.05) is 13.2 Å². The average Bonchev–Trinajstić information content (AvgIpc) is 2.47. The number of hydrogen-bond donors (Lipinski definition) is 2. The molecule has 1 aromatic rings. The zero-order valence-corrected chi connectivity index (χ0v) is 11.2. The highest BCUT2D eigenvalue weighted by Crippen LogP contribution is 2.32. The first-order chi connectivity index (χ1) is 6.65. The number of carbonyl (C=O) groups excluding carboxylic acids is 1. The van der Waals surface area contributed by atoms with Crippen LogP contribution >= 0.6 is 43.2 Å². The highest BCUT2D eigenvalue weighted by Gasteiger charge is 2.10. The fraction of sp³-hybridized carbons (Fsp3) is 0.375. The van der Waals surface area contributed by atoms with E-state index in [1.165, 1.54) is 11.3 Å². The molecule has 1 amide bonds. The minimum atomic E-state index is -0.102. The summed E-state index contributed by atoms with van der Waals surface area (Å²) in [4.78, 5) is 12.1. The van der Waals surface area contributed by atoms with Gasteiger partial charge in [-0.2, -0.15) is 0 Å². The molecule has 0 spiro atoms. The lowest BCUT2D eigenvalue weighted by molar-refractivity contribution is 0.0955. The van der Waals surface area contributed by atoms with E-state index < -0.39 is 0 Å². The van der Waals surface area contributed by atoms with Gasteiger partial charge >= 0.3 is 0 Å². The van der Waals surface area contributed by atoms with E-state index in [2.05, 4.69) is 37.2 Å². The summed E-state index contributed by atoms with van der Waals surface area (Å²) in [5, 5.41) is 11.2. The minimum absolute atomic E-state index is 0.0953. The maximum absolute atomic E-state index is 11.5. The van der Waals surface area contributed by atoms with Crippen molar-refractivity contribution < 1.29 is 9.90 Å². The van der Waals surface area contributed by atoms with E-state index in [1.54, 1.807) is 6.07 Å². The van der Waals surface area contributed by atoms with Gasteiger partial charge in [0.1, 0.15) is 0 Å². The Morgan fingerprint density at radius 1 is 1.57 bits per heavy atom. The van der Waals surface area contributed by atoms with Crippen LogP contribution in [0.5, 0.6) is 0 Å². The highest BCUT2D eigenvalue weighted by molar-refractivity contribution is 9.13. The molecule has 14 heavy (non-hydrogen) atoms. The zero-order valence-electron chi connectivity index (χ0n) is 7.22. The second-order valence-corrected chi connectivity index (χ2v) is 5.79. The van der Waals surface area contributed by atoms with Crippen molar-refractivity contribution in [3.05, 3.63) is 19.2 Å². The summed E-state index contributed by atoms with van der Waals surface area (Å²) in [7, 11) is 0. The van der Waals surface area contributed by atoms with Crippen LogP contribution in [-0.4, -0.2) is 24.2 Å². The molecule has 3 nitrogen and oxygen atoms in total. The molecule has 0 aliphatic carbocycles.